The van der Waals surface area contributed by atoms with Gasteiger partial charge in [-0.25, -0.2) is 0 Å². The van der Waals surface area contributed by atoms with E-state index in [9.17, 15) is 9.59 Å². The van der Waals surface area contributed by atoms with E-state index >= 15 is 0 Å². The van der Waals surface area contributed by atoms with Gasteiger partial charge in [0.2, 0.25) is 10.5 Å². The number of halogens is 3. The Labute approximate surface area is 89.9 Å². The summed E-state index contributed by atoms with van der Waals surface area (Å²) < 4.78 is 0. The predicted molar refractivity (Wildman–Crippen MR) is 53.3 cm³/mol. The van der Waals surface area contributed by atoms with Crippen molar-refractivity contribution in [3.63, 3.8) is 0 Å². The normalized spacial score (nSPS) is 12.6. The van der Waals surface area contributed by atoms with Crippen molar-refractivity contribution in [1.29, 1.82) is 0 Å². The summed E-state index contributed by atoms with van der Waals surface area (Å²) >= 11 is 17.1. The second-order valence-corrected chi connectivity index (χ2v) is 4.42. The molecule has 0 saturated carbocycles. The van der Waals surface area contributed by atoms with Crippen LogP contribution in [0.1, 0.15) is 6.42 Å². The molecule has 1 unspecified atom stereocenters. The Morgan fingerprint density at radius 3 is 2.33 bits per heavy atom. The van der Waals surface area contributed by atoms with Crippen LogP contribution < -0.4 is 0 Å². The van der Waals surface area contributed by atoms with E-state index in [4.69, 9.17) is 34.8 Å². The lowest BCUT2D eigenvalue weighted by atomic mass is 10.5. The zero-order chi connectivity index (χ0) is 9.56. The van der Waals surface area contributed by atoms with Gasteiger partial charge >= 0.3 is 0 Å². The van der Waals surface area contributed by atoms with Gasteiger partial charge in [0.1, 0.15) is 5.38 Å². The summed E-state index contributed by atoms with van der Waals surface area (Å²) in [7, 11) is 0. The van der Waals surface area contributed by atoms with Gasteiger partial charge < -0.3 is 0 Å². The predicted octanol–water partition coefficient (Wildman–Crippen LogP) is 2.25. The molecule has 70 valence electrons. The maximum atomic E-state index is 10.4. The van der Waals surface area contributed by atoms with Crippen LogP contribution in [0.25, 0.3) is 0 Å². The van der Waals surface area contributed by atoms with E-state index in [1.54, 1.807) is 0 Å². The van der Waals surface area contributed by atoms with Gasteiger partial charge in [-0.05, 0) is 23.2 Å². The molecule has 0 aliphatic heterocycles. The van der Waals surface area contributed by atoms with Crippen LogP contribution in [0.4, 0.5) is 0 Å². The number of hydrogen-bond donors (Lipinski definition) is 0. The van der Waals surface area contributed by atoms with E-state index in [0.717, 1.165) is 0 Å². The summed E-state index contributed by atoms with van der Waals surface area (Å²) in [5.41, 5.74) is 0. The monoisotopic (exact) mass is 248 g/mol. The van der Waals surface area contributed by atoms with Crippen LogP contribution in [0.5, 0.6) is 0 Å². The first kappa shape index (κ1) is 12.6. The molecule has 0 aromatic carbocycles. The Kier molecular flexibility index (Phi) is 7.34. The van der Waals surface area contributed by atoms with Crippen molar-refractivity contribution in [3.8, 4) is 0 Å². The third kappa shape index (κ3) is 7.22. The molecule has 0 amide bonds. The molecule has 0 rings (SSSR count). The van der Waals surface area contributed by atoms with E-state index in [-0.39, 0.29) is 11.7 Å². The molecular formula is C6H7Cl3O2S. The van der Waals surface area contributed by atoms with Crippen LogP contribution >= 0.6 is 46.6 Å². The summed E-state index contributed by atoms with van der Waals surface area (Å²) in [5, 5.41) is -1.63. The Hall–Kier alpha value is 0.560. The van der Waals surface area contributed by atoms with E-state index in [1.807, 2.05) is 0 Å². The summed E-state index contributed by atoms with van der Waals surface area (Å²) in [6, 6.07) is 0. The van der Waals surface area contributed by atoms with E-state index < -0.39 is 10.6 Å². The average Bonchev–Trinajstić information content (AvgIpc) is 1.97. The van der Waals surface area contributed by atoms with Crippen molar-refractivity contribution < 1.29 is 9.59 Å². The number of alkyl halides is 1. The van der Waals surface area contributed by atoms with Gasteiger partial charge in [-0.1, -0.05) is 0 Å². The Morgan fingerprint density at radius 1 is 1.33 bits per heavy atom. The van der Waals surface area contributed by atoms with E-state index in [1.165, 1.54) is 11.8 Å². The Morgan fingerprint density at radius 2 is 1.92 bits per heavy atom. The molecule has 0 bridgehead atoms. The van der Waals surface area contributed by atoms with Gasteiger partial charge in [-0.3, -0.25) is 9.59 Å². The molecule has 0 aliphatic rings. The first-order valence-corrected chi connectivity index (χ1v) is 5.48. The van der Waals surface area contributed by atoms with Gasteiger partial charge in [0, 0.05) is 17.9 Å². The molecule has 0 aliphatic carbocycles. The zero-order valence-corrected chi connectivity index (χ0v) is 9.14. The zero-order valence-electron chi connectivity index (χ0n) is 6.06. The molecule has 0 fully saturated rings. The van der Waals surface area contributed by atoms with E-state index in [0.29, 0.717) is 11.5 Å². The molecular weight excluding hydrogens is 242 g/mol. The smallest absolute Gasteiger partial charge is 0.240 e. The van der Waals surface area contributed by atoms with Gasteiger partial charge in [0.15, 0.2) is 0 Å². The molecule has 0 spiro atoms. The fourth-order valence-corrected chi connectivity index (χ4v) is 1.90. The quantitative estimate of drug-likeness (QED) is 0.411. The third-order valence-corrected chi connectivity index (χ3v) is 3.11. The first-order valence-electron chi connectivity index (χ1n) is 3.13. The summed E-state index contributed by atoms with van der Waals surface area (Å²) in [6.07, 6.45) is 0.284. The topological polar surface area (TPSA) is 34.1 Å². The lowest BCUT2D eigenvalue weighted by Crippen LogP contribution is -2.11. The number of hydrogen-bond acceptors (Lipinski definition) is 3. The maximum absolute atomic E-state index is 10.4. The molecule has 1 atom stereocenters. The van der Waals surface area contributed by atoms with Crippen LogP contribution in [0.3, 0.4) is 0 Å². The first-order chi connectivity index (χ1) is 5.54. The van der Waals surface area contributed by atoms with E-state index in [2.05, 4.69) is 0 Å². The lowest BCUT2D eigenvalue weighted by Gasteiger charge is -2.01. The largest absolute Gasteiger partial charge is 0.281 e. The highest BCUT2D eigenvalue weighted by Crippen LogP contribution is 2.12. The van der Waals surface area contributed by atoms with Crippen molar-refractivity contribution >= 4 is 57.0 Å². The minimum atomic E-state index is -0.679. The van der Waals surface area contributed by atoms with Crippen LogP contribution in [0, 0.1) is 0 Å². The Balaban J connectivity index is 3.31. The van der Waals surface area contributed by atoms with Gasteiger partial charge in [-0.15, -0.1) is 11.6 Å². The van der Waals surface area contributed by atoms with Crippen molar-refractivity contribution in [2.24, 2.45) is 0 Å². The molecule has 0 heterocycles. The fraction of sp³-hybridized carbons (Fsp3) is 0.667. The van der Waals surface area contributed by atoms with Crippen molar-refractivity contribution in [1.82, 2.24) is 0 Å². The summed E-state index contributed by atoms with van der Waals surface area (Å²) in [5.74, 6) is 0.976. The molecule has 2 nitrogen and oxygen atoms in total. The molecule has 6 heteroatoms. The highest BCUT2D eigenvalue weighted by molar-refractivity contribution is 7.99. The molecule has 0 aromatic heterocycles. The average molecular weight is 250 g/mol. The van der Waals surface area contributed by atoms with Crippen LogP contribution in [-0.2, 0) is 9.59 Å². The lowest BCUT2D eigenvalue weighted by molar-refractivity contribution is -0.111. The highest BCUT2D eigenvalue weighted by Gasteiger charge is 2.11. The third-order valence-electron chi connectivity index (χ3n) is 0.953. The SMILES string of the molecule is O=C(Cl)CCSCC(Cl)C(=O)Cl. The maximum Gasteiger partial charge on any atom is 0.240 e. The molecule has 12 heavy (non-hydrogen) atoms. The minimum absolute atomic E-state index is 0.284. The van der Waals surface area contributed by atoms with Gasteiger partial charge in [0.25, 0.3) is 0 Å². The number of carbonyl (C=O) groups excluding carboxylic acids is 2. The van der Waals surface area contributed by atoms with Gasteiger partial charge in [0.05, 0.1) is 0 Å². The molecule has 0 saturated heterocycles. The van der Waals surface area contributed by atoms with Crippen LogP contribution in [-0.4, -0.2) is 27.4 Å². The van der Waals surface area contributed by atoms with Crippen molar-refractivity contribution in [2.45, 2.75) is 11.8 Å². The second kappa shape index (κ2) is 7.01. The van der Waals surface area contributed by atoms with Crippen molar-refractivity contribution in [2.75, 3.05) is 11.5 Å². The number of thioether (sulfide) groups is 1. The molecule has 0 radical (unpaired) electrons. The second-order valence-electron chi connectivity index (χ2n) is 1.95. The number of carbonyl (C=O) groups is 2. The Bertz CT molecular complexity index is 174. The van der Waals surface area contributed by atoms with Crippen molar-refractivity contribution in [3.05, 3.63) is 0 Å². The number of rotatable bonds is 6. The van der Waals surface area contributed by atoms with Crippen LogP contribution in [0.2, 0.25) is 0 Å². The summed E-state index contributed by atoms with van der Waals surface area (Å²) in [4.78, 5) is 20.6. The molecule has 0 aromatic rings. The summed E-state index contributed by atoms with van der Waals surface area (Å²) in [6.45, 7) is 0. The van der Waals surface area contributed by atoms with Gasteiger partial charge in [-0.2, -0.15) is 11.8 Å². The minimum Gasteiger partial charge on any atom is -0.281 e. The standard InChI is InChI=1S/C6H7Cl3O2S/c7-4(6(9)11)3-12-2-1-5(8)10/h4H,1-3H2. The highest BCUT2D eigenvalue weighted by atomic mass is 35.5. The van der Waals surface area contributed by atoms with Crippen LogP contribution in [0.15, 0.2) is 0 Å². The fourth-order valence-electron chi connectivity index (χ4n) is 0.405. The molecule has 0 N–H and O–H groups in total.